The number of nitrogens with zero attached hydrogens (tertiary/aromatic N) is 2. The second kappa shape index (κ2) is 15.2. The Balaban J connectivity index is 1.42. The first-order valence-corrected chi connectivity index (χ1v) is 23.6. The first kappa shape index (κ1) is 43.0. The summed E-state index contributed by atoms with van der Waals surface area (Å²) in [6.07, 6.45) is 13.1. The average Bonchev–Trinajstić information content (AvgIpc) is 3.25. The van der Waals surface area contributed by atoms with Gasteiger partial charge in [-0.2, -0.15) is 0 Å². The number of hydrogen-bond acceptors (Lipinski definition) is 2. The van der Waals surface area contributed by atoms with Gasteiger partial charge in [0.25, 0.3) is 0 Å². The predicted octanol–water partition coefficient (Wildman–Crippen LogP) is 15.1. The van der Waals surface area contributed by atoms with E-state index in [9.17, 15) is 0 Å². The zero-order valence-electron chi connectivity index (χ0n) is 40.4. The fourth-order valence-corrected chi connectivity index (χ4v) is 10.9. The lowest BCUT2D eigenvalue weighted by atomic mass is 9.29. The molecular formula is C60H69BN2. The van der Waals surface area contributed by atoms with Crippen molar-refractivity contribution < 1.29 is 0 Å². The third-order valence-electron chi connectivity index (χ3n) is 14.9. The Bertz CT molecular complexity index is 2640. The molecule has 0 fully saturated rings. The van der Waals surface area contributed by atoms with Crippen LogP contribution in [0.2, 0.25) is 5.82 Å². The van der Waals surface area contributed by atoms with Gasteiger partial charge in [-0.05, 0) is 140 Å². The van der Waals surface area contributed by atoms with E-state index in [2.05, 4.69) is 239 Å². The lowest BCUT2D eigenvalue weighted by Gasteiger charge is -2.50. The summed E-state index contributed by atoms with van der Waals surface area (Å²) in [5.41, 5.74) is 20.1. The third kappa shape index (κ3) is 7.48. The molecular weight excluding hydrogens is 759 g/mol. The molecule has 2 aliphatic carbocycles. The van der Waals surface area contributed by atoms with Crippen LogP contribution < -0.4 is 20.7 Å². The van der Waals surface area contributed by atoms with Crippen molar-refractivity contribution in [3.8, 4) is 0 Å². The van der Waals surface area contributed by atoms with Crippen molar-refractivity contribution in [2.75, 3.05) is 9.80 Å². The van der Waals surface area contributed by atoms with Crippen LogP contribution in [0.3, 0.4) is 0 Å². The Morgan fingerprint density at radius 3 is 1.57 bits per heavy atom. The molecule has 0 N–H and O–H groups in total. The van der Waals surface area contributed by atoms with Crippen molar-refractivity contribution in [1.29, 1.82) is 0 Å². The van der Waals surface area contributed by atoms with Crippen molar-refractivity contribution in [3.63, 3.8) is 0 Å². The van der Waals surface area contributed by atoms with Gasteiger partial charge < -0.3 is 9.80 Å². The molecule has 2 aliphatic heterocycles. The predicted molar refractivity (Wildman–Crippen MR) is 273 cm³/mol. The molecule has 0 saturated heterocycles. The van der Waals surface area contributed by atoms with Gasteiger partial charge in [-0.15, -0.1) is 0 Å². The minimum absolute atomic E-state index is 0.00371. The summed E-state index contributed by atoms with van der Waals surface area (Å²) in [5, 5.41) is 0. The van der Waals surface area contributed by atoms with Gasteiger partial charge in [-0.25, -0.2) is 0 Å². The fraction of sp³-hybridized carbons (Fsp3) is 0.367. The van der Waals surface area contributed by atoms with E-state index in [0.717, 1.165) is 19.3 Å². The second-order valence-electron chi connectivity index (χ2n) is 23.2. The van der Waals surface area contributed by atoms with E-state index in [1.807, 2.05) is 0 Å². The van der Waals surface area contributed by atoms with Crippen molar-refractivity contribution in [3.05, 3.63) is 190 Å². The van der Waals surface area contributed by atoms with Gasteiger partial charge in [-0.3, -0.25) is 0 Å². The summed E-state index contributed by atoms with van der Waals surface area (Å²) in [5.74, 6) is 0.263. The molecule has 0 spiro atoms. The number of fused-ring (bicyclic) bond motifs is 4. The smallest absolute Gasteiger partial charge is 0.226 e. The maximum Gasteiger partial charge on any atom is 0.226 e. The van der Waals surface area contributed by atoms with Gasteiger partial charge in [0, 0.05) is 39.6 Å². The second-order valence-corrected chi connectivity index (χ2v) is 23.2. The zero-order chi connectivity index (χ0) is 44.9. The maximum absolute atomic E-state index is 2.71. The van der Waals surface area contributed by atoms with Crippen LogP contribution in [0.25, 0.3) is 0 Å². The summed E-state index contributed by atoms with van der Waals surface area (Å²) in [6.45, 7) is 30.9. The van der Waals surface area contributed by atoms with Gasteiger partial charge in [0.15, 0.2) is 0 Å². The van der Waals surface area contributed by atoms with Crippen LogP contribution in [-0.4, -0.2) is 6.71 Å². The Labute approximate surface area is 380 Å². The van der Waals surface area contributed by atoms with Crippen molar-refractivity contribution in [2.45, 2.75) is 131 Å². The van der Waals surface area contributed by atoms with Crippen molar-refractivity contribution in [1.82, 2.24) is 0 Å². The highest BCUT2D eigenvalue weighted by Gasteiger charge is 2.50. The Morgan fingerprint density at radius 2 is 1.05 bits per heavy atom. The summed E-state index contributed by atoms with van der Waals surface area (Å²) in [6, 6.07) is 44.7. The monoisotopic (exact) mass is 829 g/mol. The molecule has 0 bridgehead atoms. The minimum atomic E-state index is -0.445. The highest BCUT2D eigenvalue weighted by molar-refractivity contribution is 6.91. The molecule has 2 heterocycles. The van der Waals surface area contributed by atoms with Crippen LogP contribution in [0.4, 0.5) is 22.7 Å². The van der Waals surface area contributed by atoms with E-state index in [-0.39, 0.29) is 34.2 Å². The van der Waals surface area contributed by atoms with Gasteiger partial charge in [-0.1, -0.05) is 186 Å². The minimum Gasteiger partial charge on any atom is -0.315 e. The lowest BCUT2D eigenvalue weighted by Crippen LogP contribution is -2.59. The number of anilines is 4. The maximum atomic E-state index is 2.71. The van der Waals surface area contributed by atoms with Crippen molar-refractivity contribution in [2.24, 2.45) is 10.8 Å². The van der Waals surface area contributed by atoms with E-state index < -0.39 is 5.41 Å². The molecule has 5 aromatic rings. The van der Waals surface area contributed by atoms with Crippen LogP contribution in [-0.2, 0) is 16.2 Å². The highest BCUT2D eigenvalue weighted by Crippen LogP contribution is 2.54. The molecule has 0 saturated carbocycles. The number of benzene rings is 5. The molecule has 9 rings (SSSR count). The van der Waals surface area contributed by atoms with Gasteiger partial charge in [0.1, 0.15) is 0 Å². The Morgan fingerprint density at radius 1 is 0.492 bits per heavy atom. The van der Waals surface area contributed by atoms with Gasteiger partial charge in [0.2, 0.25) is 6.71 Å². The molecule has 0 radical (unpaired) electrons. The quantitative estimate of drug-likeness (QED) is 0.129. The van der Waals surface area contributed by atoms with E-state index in [4.69, 9.17) is 0 Å². The van der Waals surface area contributed by atoms with Crippen molar-refractivity contribution >= 4 is 40.4 Å². The first-order chi connectivity index (χ1) is 29.7. The molecule has 1 atom stereocenters. The molecule has 1 unspecified atom stereocenters. The molecule has 3 heteroatoms. The number of rotatable bonds is 5. The summed E-state index contributed by atoms with van der Waals surface area (Å²) in [4.78, 5) is 5.40. The van der Waals surface area contributed by atoms with E-state index >= 15 is 0 Å². The van der Waals surface area contributed by atoms with E-state index in [1.54, 1.807) is 0 Å². The van der Waals surface area contributed by atoms with Gasteiger partial charge in [0.05, 0.1) is 0 Å². The molecule has 63 heavy (non-hydrogen) atoms. The normalized spacial score (nSPS) is 17.9. The van der Waals surface area contributed by atoms with E-state index in [0.29, 0.717) is 0 Å². The SMILES string of the molecule is CC(C)(C)C1=CCC2B3c4ccc(C(C)(C)C)cc4N(C4=CC=C(C(C)(C)C)CC4)c4cc(C(C)(c5ccccc5)c5ccccc5)cc(c43)N(c3ccc(C(C)(C)C)cc3)C2=C1. The van der Waals surface area contributed by atoms with E-state index in [1.165, 1.54) is 84.0 Å². The fourth-order valence-electron chi connectivity index (χ4n) is 10.9. The molecule has 0 aromatic heterocycles. The van der Waals surface area contributed by atoms with Crippen LogP contribution in [0, 0.1) is 10.8 Å². The summed E-state index contributed by atoms with van der Waals surface area (Å²) in [7, 11) is 0. The highest BCUT2D eigenvalue weighted by atomic mass is 15.2. The zero-order valence-corrected chi connectivity index (χ0v) is 40.4. The topological polar surface area (TPSA) is 6.48 Å². The Hall–Kier alpha value is -5.28. The summed E-state index contributed by atoms with van der Waals surface area (Å²) >= 11 is 0. The molecule has 0 amide bonds. The Kier molecular flexibility index (Phi) is 10.4. The van der Waals surface area contributed by atoms with Crippen LogP contribution >= 0.6 is 0 Å². The lowest BCUT2D eigenvalue weighted by molar-refractivity contribution is 0.479. The molecule has 5 aromatic carbocycles. The van der Waals surface area contributed by atoms with Crippen LogP contribution in [0.15, 0.2) is 162 Å². The van der Waals surface area contributed by atoms with Gasteiger partial charge >= 0.3 is 0 Å². The van der Waals surface area contributed by atoms with Crippen LogP contribution in [0.5, 0.6) is 0 Å². The average molecular weight is 829 g/mol. The van der Waals surface area contributed by atoms with Crippen LogP contribution in [0.1, 0.15) is 137 Å². The third-order valence-corrected chi connectivity index (χ3v) is 14.9. The summed E-state index contributed by atoms with van der Waals surface area (Å²) < 4.78 is 0. The molecule has 322 valence electrons. The standard InChI is InChI=1S/C60H69BN2/c1-56(2,3)40-24-30-47(31-25-40)62-51-36-44(58(7,8)9)28-34-49(51)61-50-35-29-45(59(10,11)12)37-52(50)63(48-32-26-41(27-33-48)57(4,5)6)54-39-46(38-53(62)55(54)61)60(13,42-20-16-14-17-21-42)43-22-18-15-19-23-43/h14-26,28-32,35-39,49H,27,33-34H2,1-13H3. The number of allylic oxidation sites excluding steroid dienone is 8. The molecule has 4 aliphatic rings. The first-order valence-electron chi connectivity index (χ1n) is 23.6. The number of hydrogen-bond donors (Lipinski definition) is 0. The molecule has 2 nitrogen and oxygen atoms in total. The largest absolute Gasteiger partial charge is 0.315 e.